The third-order valence-electron chi connectivity index (χ3n) is 3.38. The lowest BCUT2D eigenvalue weighted by atomic mass is 9.89. The molecule has 1 aromatic rings. The van der Waals surface area contributed by atoms with Crippen molar-refractivity contribution in [3.63, 3.8) is 0 Å². The molecular weight excluding hydrogens is 219 g/mol. The second-order valence-electron chi connectivity index (χ2n) is 4.95. The number of hydrogen-bond donors (Lipinski definition) is 1. The molecule has 17 heavy (non-hydrogen) atoms. The predicted octanol–water partition coefficient (Wildman–Crippen LogP) is 3.28. The molecule has 0 atom stereocenters. The molecule has 0 bridgehead atoms. The van der Waals surface area contributed by atoms with Crippen LogP contribution in [0.1, 0.15) is 38.2 Å². The second kappa shape index (κ2) is 5.50. The Hall–Kier alpha value is -1.09. The van der Waals surface area contributed by atoms with E-state index >= 15 is 0 Å². The number of rotatable bonds is 3. The predicted molar refractivity (Wildman–Crippen MR) is 64.4 cm³/mol. The summed E-state index contributed by atoms with van der Waals surface area (Å²) in [5, 5.41) is 9.00. The highest BCUT2D eigenvalue weighted by Gasteiger charge is 2.19. The second-order valence-corrected chi connectivity index (χ2v) is 4.95. The highest BCUT2D eigenvalue weighted by molar-refractivity contribution is 5.29. The van der Waals surface area contributed by atoms with Gasteiger partial charge in [0.1, 0.15) is 11.6 Å². The number of halogens is 1. The van der Waals surface area contributed by atoms with E-state index in [9.17, 15) is 4.39 Å². The smallest absolute Gasteiger partial charge is 0.127 e. The first-order valence-corrected chi connectivity index (χ1v) is 6.24. The Morgan fingerprint density at radius 3 is 2.59 bits per heavy atom. The average Bonchev–Trinajstić information content (AvgIpc) is 2.31. The summed E-state index contributed by atoms with van der Waals surface area (Å²) in [6.45, 7) is 2.10. The van der Waals surface area contributed by atoms with Gasteiger partial charge in [0, 0.05) is 6.07 Å². The van der Waals surface area contributed by atoms with Crippen molar-refractivity contribution >= 4 is 0 Å². The van der Waals surface area contributed by atoms with Crippen LogP contribution >= 0.6 is 0 Å². The minimum atomic E-state index is -0.351. The normalized spacial score (nSPS) is 24.6. The quantitative estimate of drug-likeness (QED) is 0.875. The number of benzene rings is 1. The van der Waals surface area contributed by atoms with Crippen molar-refractivity contribution < 1.29 is 14.2 Å². The molecule has 1 N–H and O–H groups in total. The van der Waals surface area contributed by atoms with E-state index in [1.54, 1.807) is 6.07 Å². The summed E-state index contributed by atoms with van der Waals surface area (Å²) in [5.74, 6) is 0.958. The number of aliphatic hydroxyl groups is 1. The fraction of sp³-hybridized carbons (Fsp3) is 0.571. The van der Waals surface area contributed by atoms with E-state index in [4.69, 9.17) is 9.84 Å². The lowest BCUT2D eigenvalue weighted by Crippen LogP contribution is -2.23. The molecule has 3 heteroatoms. The summed E-state index contributed by atoms with van der Waals surface area (Å²) >= 11 is 0. The molecule has 1 aliphatic carbocycles. The molecule has 0 radical (unpaired) electrons. The number of aliphatic hydroxyl groups excluding tert-OH is 1. The van der Waals surface area contributed by atoms with Crippen LogP contribution in [0.5, 0.6) is 5.75 Å². The Morgan fingerprint density at radius 1 is 1.24 bits per heavy atom. The minimum absolute atomic E-state index is 0.157. The first kappa shape index (κ1) is 12.4. The summed E-state index contributed by atoms with van der Waals surface area (Å²) < 4.78 is 19.0. The molecule has 2 rings (SSSR count). The van der Waals surface area contributed by atoms with Crippen molar-refractivity contribution in [2.24, 2.45) is 5.92 Å². The maximum Gasteiger partial charge on any atom is 0.127 e. The van der Waals surface area contributed by atoms with Crippen LogP contribution in [0, 0.1) is 11.7 Å². The van der Waals surface area contributed by atoms with Crippen molar-refractivity contribution in [1.29, 1.82) is 0 Å². The van der Waals surface area contributed by atoms with E-state index in [-0.39, 0.29) is 18.5 Å². The number of hydrogen-bond acceptors (Lipinski definition) is 2. The monoisotopic (exact) mass is 238 g/mol. The summed E-state index contributed by atoms with van der Waals surface area (Å²) in [7, 11) is 0. The van der Waals surface area contributed by atoms with Gasteiger partial charge in [-0.15, -0.1) is 0 Å². The molecular formula is C14H19FO2. The van der Waals surface area contributed by atoms with E-state index in [1.165, 1.54) is 25.0 Å². The third-order valence-corrected chi connectivity index (χ3v) is 3.38. The van der Waals surface area contributed by atoms with Gasteiger partial charge in [0.2, 0.25) is 0 Å². The van der Waals surface area contributed by atoms with Gasteiger partial charge in [-0.3, -0.25) is 0 Å². The zero-order chi connectivity index (χ0) is 12.3. The van der Waals surface area contributed by atoms with Crippen molar-refractivity contribution in [1.82, 2.24) is 0 Å². The molecule has 0 amide bonds. The van der Waals surface area contributed by atoms with Crippen LogP contribution in [0.15, 0.2) is 18.2 Å². The van der Waals surface area contributed by atoms with Gasteiger partial charge in [-0.1, -0.05) is 6.92 Å². The highest BCUT2D eigenvalue weighted by atomic mass is 19.1. The van der Waals surface area contributed by atoms with Gasteiger partial charge in [-0.25, -0.2) is 4.39 Å². The zero-order valence-corrected chi connectivity index (χ0v) is 10.2. The Kier molecular flexibility index (Phi) is 4.00. The first-order valence-electron chi connectivity index (χ1n) is 6.24. The van der Waals surface area contributed by atoms with Crippen LogP contribution in [0.4, 0.5) is 4.39 Å². The van der Waals surface area contributed by atoms with Crippen LogP contribution in [0.3, 0.4) is 0 Å². The van der Waals surface area contributed by atoms with Crippen LogP contribution < -0.4 is 4.74 Å². The molecule has 2 nitrogen and oxygen atoms in total. The molecule has 0 heterocycles. The van der Waals surface area contributed by atoms with Crippen molar-refractivity contribution in [3.8, 4) is 5.75 Å². The maximum absolute atomic E-state index is 13.2. The molecule has 1 fully saturated rings. The first-order chi connectivity index (χ1) is 8.17. The molecule has 0 unspecified atom stereocenters. The summed E-state index contributed by atoms with van der Waals surface area (Å²) in [5.41, 5.74) is 0.559. The van der Waals surface area contributed by atoms with E-state index in [2.05, 4.69) is 6.92 Å². The zero-order valence-electron chi connectivity index (χ0n) is 10.2. The largest absolute Gasteiger partial charge is 0.490 e. The summed E-state index contributed by atoms with van der Waals surface area (Å²) in [6, 6.07) is 4.42. The van der Waals surface area contributed by atoms with Crippen molar-refractivity contribution in [3.05, 3.63) is 29.6 Å². The van der Waals surface area contributed by atoms with E-state index in [0.717, 1.165) is 18.8 Å². The summed E-state index contributed by atoms with van der Waals surface area (Å²) in [6.07, 6.45) is 4.61. The molecule has 0 aliphatic heterocycles. The lowest BCUT2D eigenvalue weighted by molar-refractivity contribution is 0.135. The molecule has 94 valence electrons. The van der Waals surface area contributed by atoms with Gasteiger partial charge in [-0.05, 0) is 49.3 Å². The van der Waals surface area contributed by atoms with Crippen LogP contribution in [-0.2, 0) is 6.61 Å². The fourth-order valence-corrected chi connectivity index (χ4v) is 2.32. The highest BCUT2D eigenvalue weighted by Crippen LogP contribution is 2.27. The third kappa shape index (κ3) is 3.43. The van der Waals surface area contributed by atoms with Gasteiger partial charge in [0.15, 0.2) is 0 Å². The molecule has 1 aliphatic rings. The SMILES string of the molecule is CC1CCC(Oc2cc(F)cc(CO)c2)CC1. The molecule has 1 saturated carbocycles. The topological polar surface area (TPSA) is 29.5 Å². The average molecular weight is 238 g/mol. The molecule has 0 saturated heterocycles. The van der Waals surface area contributed by atoms with Gasteiger partial charge in [0.25, 0.3) is 0 Å². The summed E-state index contributed by atoms with van der Waals surface area (Å²) in [4.78, 5) is 0. The van der Waals surface area contributed by atoms with Gasteiger partial charge in [0.05, 0.1) is 12.7 Å². The number of ether oxygens (including phenoxy) is 1. The Labute approximate surface area is 101 Å². The van der Waals surface area contributed by atoms with Crippen LogP contribution in [-0.4, -0.2) is 11.2 Å². The lowest BCUT2D eigenvalue weighted by Gasteiger charge is -2.27. The molecule has 1 aromatic carbocycles. The molecule has 0 aromatic heterocycles. The van der Waals surface area contributed by atoms with E-state index in [1.807, 2.05) is 0 Å². The van der Waals surface area contributed by atoms with Gasteiger partial charge < -0.3 is 9.84 Å². The van der Waals surface area contributed by atoms with Crippen molar-refractivity contribution in [2.45, 2.75) is 45.3 Å². The van der Waals surface area contributed by atoms with Crippen LogP contribution in [0.2, 0.25) is 0 Å². The Morgan fingerprint density at radius 2 is 1.94 bits per heavy atom. The van der Waals surface area contributed by atoms with Crippen LogP contribution in [0.25, 0.3) is 0 Å². The standard InChI is InChI=1S/C14H19FO2/c1-10-2-4-13(5-3-10)17-14-7-11(9-16)6-12(15)8-14/h6-8,10,13,16H,2-5,9H2,1H3. The van der Waals surface area contributed by atoms with E-state index < -0.39 is 0 Å². The Balaban J connectivity index is 2.00. The maximum atomic E-state index is 13.2. The minimum Gasteiger partial charge on any atom is -0.490 e. The fourth-order valence-electron chi connectivity index (χ4n) is 2.32. The molecule has 0 spiro atoms. The van der Waals surface area contributed by atoms with Crippen molar-refractivity contribution in [2.75, 3.05) is 0 Å². The van der Waals surface area contributed by atoms with Gasteiger partial charge >= 0.3 is 0 Å². The van der Waals surface area contributed by atoms with E-state index in [0.29, 0.717) is 11.3 Å². The van der Waals surface area contributed by atoms with Gasteiger partial charge in [-0.2, -0.15) is 0 Å². The Bertz CT molecular complexity index is 370.